The second-order valence-electron chi connectivity index (χ2n) is 4.56. The van der Waals surface area contributed by atoms with Gasteiger partial charge in [0.05, 0.1) is 0 Å². The highest BCUT2D eigenvalue weighted by atomic mass is 16.4. The first-order valence-corrected chi connectivity index (χ1v) is 6.19. The summed E-state index contributed by atoms with van der Waals surface area (Å²) in [5.74, 6) is -0.314. The van der Waals surface area contributed by atoms with Crippen LogP contribution < -0.4 is 5.32 Å². The summed E-state index contributed by atoms with van der Waals surface area (Å²) in [5, 5.41) is 12.4. The zero-order valence-electron chi connectivity index (χ0n) is 9.67. The SMILES string of the molecule is CCCCC(CC(=O)O)C1CCCCN1. The van der Waals surface area contributed by atoms with Crippen molar-refractivity contribution in [2.75, 3.05) is 6.54 Å². The second-order valence-corrected chi connectivity index (χ2v) is 4.56. The number of carbonyl (C=O) groups is 1. The summed E-state index contributed by atoms with van der Waals surface area (Å²) in [4.78, 5) is 10.8. The Morgan fingerprint density at radius 3 is 2.87 bits per heavy atom. The number of unbranched alkanes of at least 4 members (excludes halogenated alkanes) is 1. The molecule has 1 heterocycles. The Morgan fingerprint density at radius 1 is 1.53 bits per heavy atom. The highest BCUT2D eigenvalue weighted by molar-refractivity contribution is 5.67. The third-order valence-electron chi connectivity index (χ3n) is 3.28. The van der Waals surface area contributed by atoms with Gasteiger partial charge in [0.2, 0.25) is 0 Å². The van der Waals surface area contributed by atoms with E-state index in [-0.39, 0.29) is 0 Å². The van der Waals surface area contributed by atoms with E-state index in [1.54, 1.807) is 0 Å². The first kappa shape index (κ1) is 12.5. The van der Waals surface area contributed by atoms with E-state index >= 15 is 0 Å². The van der Waals surface area contributed by atoms with Crippen LogP contribution in [0.3, 0.4) is 0 Å². The van der Waals surface area contributed by atoms with Gasteiger partial charge in [-0.25, -0.2) is 0 Å². The summed E-state index contributed by atoms with van der Waals surface area (Å²) < 4.78 is 0. The number of aliphatic carboxylic acids is 1. The molecule has 2 atom stereocenters. The van der Waals surface area contributed by atoms with Gasteiger partial charge in [-0.1, -0.05) is 26.2 Å². The first-order chi connectivity index (χ1) is 7.24. The van der Waals surface area contributed by atoms with Gasteiger partial charge in [0.25, 0.3) is 0 Å². The molecule has 0 radical (unpaired) electrons. The third-order valence-corrected chi connectivity index (χ3v) is 3.28. The third kappa shape index (κ3) is 4.65. The molecule has 0 saturated carbocycles. The van der Waals surface area contributed by atoms with Crippen LogP contribution in [0.4, 0.5) is 0 Å². The highest BCUT2D eigenvalue weighted by Gasteiger charge is 2.24. The van der Waals surface area contributed by atoms with E-state index in [1.807, 2.05) is 0 Å². The lowest BCUT2D eigenvalue weighted by atomic mass is 9.86. The smallest absolute Gasteiger partial charge is 0.303 e. The predicted octanol–water partition coefficient (Wildman–Crippen LogP) is 2.41. The van der Waals surface area contributed by atoms with Gasteiger partial charge in [0.15, 0.2) is 0 Å². The molecule has 3 nitrogen and oxygen atoms in total. The Morgan fingerprint density at radius 2 is 2.33 bits per heavy atom. The maximum atomic E-state index is 10.8. The van der Waals surface area contributed by atoms with Crippen LogP contribution in [0, 0.1) is 5.92 Å². The molecule has 1 aliphatic heterocycles. The number of carboxylic acid groups (broad SMARTS) is 1. The average Bonchev–Trinajstić information content (AvgIpc) is 2.25. The first-order valence-electron chi connectivity index (χ1n) is 6.19. The largest absolute Gasteiger partial charge is 0.481 e. The fraction of sp³-hybridized carbons (Fsp3) is 0.917. The fourth-order valence-electron chi connectivity index (χ4n) is 2.42. The van der Waals surface area contributed by atoms with E-state index in [0.29, 0.717) is 18.4 Å². The van der Waals surface area contributed by atoms with Crippen molar-refractivity contribution in [2.24, 2.45) is 5.92 Å². The van der Waals surface area contributed by atoms with Crippen LogP contribution in [0.1, 0.15) is 51.9 Å². The van der Waals surface area contributed by atoms with Crippen LogP contribution in [0.15, 0.2) is 0 Å². The van der Waals surface area contributed by atoms with Crippen LogP contribution in [-0.2, 0) is 4.79 Å². The van der Waals surface area contributed by atoms with Crippen molar-refractivity contribution in [1.82, 2.24) is 5.32 Å². The van der Waals surface area contributed by atoms with Gasteiger partial charge >= 0.3 is 5.97 Å². The van der Waals surface area contributed by atoms with Crippen LogP contribution in [0.2, 0.25) is 0 Å². The topological polar surface area (TPSA) is 49.3 Å². The van der Waals surface area contributed by atoms with Crippen molar-refractivity contribution in [1.29, 1.82) is 0 Å². The number of hydrogen-bond donors (Lipinski definition) is 2. The summed E-state index contributed by atoms with van der Waals surface area (Å²) in [7, 11) is 0. The molecule has 15 heavy (non-hydrogen) atoms. The summed E-state index contributed by atoms with van der Waals surface area (Å²) in [6, 6.07) is 0.446. The maximum Gasteiger partial charge on any atom is 0.303 e. The molecule has 3 heteroatoms. The summed E-state index contributed by atoms with van der Waals surface area (Å²) in [6.07, 6.45) is 7.34. The molecule has 0 aliphatic carbocycles. The molecule has 0 aromatic carbocycles. The summed E-state index contributed by atoms with van der Waals surface area (Å²) >= 11 is 0. The number of nitrogens with one attached hydrogen (secondary N) is 1. The normalized spacial score (nSPS) is 23.7. The van der Waals surface area contributed by atoms with Crippen molar-refractivity contribution in [3.63, 3.8) is 0 Å². The minimum Gasteiger partial charge on any atom is -0.481 e. The van der Waals surface area contributed by atoms with E-state index in [0.717, 1.165) is 32.2 Å². The molecular formula is C12H23NO2. The Bertz CT molecular complexity index is 188. The minimum atomic E-state index is -0.650. The van der Waals surface area contributed by atoms with Crippen molar-refractivity contribution in [3.05, 3.63) is 0 Å². The van der Waals surface area contributed by atoms with Crippen molar-refractivity contribution in [3.8, 4) is 0 Å². The number of carboxylic acids is 1. The van der Waals surface area contributed by atoms with Gasteiger partial charge in [-0.3, -0.25) is 4.79 Å². The van der Waals surface area contributed by atoms with Gasteiger partial charge in [-0.15, -0.1) is 0 Å². The molecule has 0 aromatic rings. The van der Waals surface area contributed by atoms with Gasteiger partial charge in [-0.2, -0.15) is 0 Å². The molecule has 1 saturated heterocycles. The Balaban J connectivity index is 2.41. The molecule has 1 aliphatic rings. The molecule has 88 valence electrons. The van der Waals surface area contributed by atoms with Crippen molar-refractivity contribution < 1.29 is 9.90 Å². The van der Waals surface area contributed by atoms with Crippen LogP contribution in [0.25, 0.3) is 0 Å². The van der Waals surface area contributed by atoms with Gasteiger partial charge < -0.3 is 10.4 Å². The Labute approximate surface area is 92.3 Å². The van der Waals surface area contributed by atoms with Crippen LogP contribution >= 0.6 is 0 Å². The standard InChI is InChI=1S/C12H23NO2/c1-2-3-6-10(9-12(14)15)11-7-4-5-8-13-11/h10-11,13H,2-9H2,1H3,(H,14,15). The summed E-state index contributed by atoms with van der Waals surface area (Å²) in [5.41, 5.74) is 0. The molecular weight excluding hydrogens is 190 g/mol. The summed E-state index contributed by atoms with van der Waals surface area (Å²) in [6.45, 7) is 3.22. The molecule has 0 bridgehead atoms. The van der Waals surface area contributed by atoms with E-state index < -0.39 is 5.97 Å². The molecule has 0 aromatic heterocycles. The molecule has 1 fully saturated rings. The molecule has 0 amide bonds. The molecule has 1 rings (SSSR count). The van der Waals surface area contributed by atoms with E-state index in [9.17, 15) is 4.79 Å². The van der Waals surface area contributed by atoms with E-state index in [2.05, 4.69) is 12.2 Å². The minimum absolute atomic E-state index is 0.331. The predicted molar refractivity (Wildman–Crippen MR) is 60.9 cm³/mol. The fourth-order valence-corrected chi connectivity index (χ4v) is 2.42. The van der Waals surface area contributed by atoms with Crippen LogP contribution in [0.5, 0.6) is 0 Å². The van der Waals surface area contributed by atoms with E-state index in [1.165, 1.54) is 12.8 Å². The highest BCUT2D eigenvalue weighted by Crippen LogP contribution is 2.23. The van der Waals surface area contributed by atoms with Crippen LogP contribution in [-0.4, -0.2) is 23.7 Å². The van der Waals surface area contributed by atoms with Crippen molar-refractivity contribution in [2.45, 2.75) is 57.9 Å². The quantitative estimate of drug-likeness (QED) is 0.712. The molecule has 2 N–H and O–H groups in total. The zero-order valence-corrected chi connectivity index (χ0v) is 9.67. The number of hydrogen-bond acceptors (Lipinski definition) is 2. The lowest BCUT2D eigenvalue weighted by molar-refractivity contribution is -0.138. The lowest BCUT2D eigenvalue weighted by Gasteiger charge is -2.30. The number of piperidine rings is 1. The Kier molecular flexibility index (Phi) is 5.69. The maximum absolute atomic E-state index is 10.8. The molecule has 0 spiro atoms. The second kappa shape index (κ2) is 6.83. The van der Waals surface area contributed by atoms with E-state index in [4.69, 9.17) is 5.11 Å². The van der Waals surface area contributed by atoms with Gasteiger partial charge in [-0.05, 0) is 31.7 Å². The number of rotatable bonds is 6. The lowest BCUT2D eigenvalue weighted by Crippen LogP contribution is -2.40. The van der Waals surface area contributed by atoms with Gasteiger partial charge in [0.1, 0.15) is 0 Å². The van der Waals surface area contributed by atoms with Crippen molar-refractivity contribution >= 4 is 5.97 Å². The average molecular weight is 213 g/mol. The molecule has 2 unspecified atom stereocenters. The zero-order chi connectivity index (χ0) is 11.1. The Hall–Kier alpha value is -0.570. The van der Waals surface area contributed by atoms with Gasteiger partial charge in [0, 0.05) is 12.5 Å². The monoisotopic (exact) mass is 213 g/mol.